The monoisotopic (exact) mass is 294 g/mol. The lowest BCUT2D eigenvalue weighted by Gasteiger charge is -2.42. The first-order chi connectivity index (χ1) is 10.3. The van der Waals surface area contributed by atoms with Crippen LogP contribution in [0.15, 0.2) is 54.6 Å². The molecule has 0 aliphatic rings. The normalized spacial score (nSPS) is 12.4. The van der Waals surface area contributed by atoms with Crippen LogP contribution in [0.4, 0.5) is 0 Å². The van der Waals surface area contributed by atoms with Gasteiger partial charge in [-0.25, -0.2) is 0 Å². The Kier molecular flexibility index (Phi) is 5.11. The minimum atomic E-state index is 0.181. The second-order valence-corrected chi connectivity index (χ2v) is 7.65. The topological polar surface area (TPSA) is 0 Å². The summed E-state index contributed by atoms with van der Waals surface area (Å²) in [5.41, 5.74) is 4.81. The highest BCUT2D eigenvalue weighted by Crippen LogP contribution is 2.44. The largest absolute Gasteiger partial charge is 0.0622 e. The molecule has 0 saturated heterocycles. The Balaban J connectivity index is 2.03. The highest BCUT2D eigenvalue weighted by molar-refractivity contribution is 5.27. The molecule has 2 rings (SSSR count). The van der Waals surface area contributed by atoms with E-state index in [1.165, 1.54) is 36.0 Å². The Morgan fingerprint density at radius 1 is 0.773 bits per heavy atom. The van der Waals surface area contributed by atoms with Gasteiger partial charge in [-0.1, -0.05) is 82.3 Å². The van der Waals surface area contributed by atoms with Crippen LogP contribution in [0.1, 0.15) is 57.2 Å². The summed E-state index contributed by atoms with van der Waals surface area (Å²) < 4.78 is 0. The molecule has 118 valence electrons. The molecule has 2 aromatic rings. The molecule has 0 amide bonds. The third-order valence-corrected chi connectivity index (χ3v) is 5.70. The molecule has 0 atom stereocenters. The zero-order valence-corrected chi connectivity index (χ0v) is 14.8. The Morgan fingerprint density at radius 3 is 2.00 bits per heavy atom. The fourth-order valence-corrected chi connectivity index (χ4v) is 3.17. The van der Waals surface area contributed by atoms with Crippen molar-refractivity contribution in [2.24, 2.45) is 5.41 Å². The van der Waals surface area contributed by atoms with Crippen molar-refractivity contribution >= 4 is 0 Å². The summed E-state index contributed by atoms with van der Waals surface area (Å²) in [6.45, 7) is 11.8. The molecule has 0 unspecified atom stereocenters. The summed E-state index contributed by atoms with van der Waals surface area (Å²) in [4.78, 5) is 0. The van der Waals surface area contributed by atoms with Crippen LogP contribution in [-0.2, 0) is 11.8 Å². The zero-order chi connectivity index (χ0) is 16.2. The van der Waals surface area contributed by atoms with Gasteiger partial charge < -0.3 is 0 Å². The molecule has 0 spiro atoms. The van der Waals surface area contributed by atoms with Crippen molar-refractivity contribution in [2.75, 3.05) is 0 Å². The van der Waals surface area contributed by atoms with Gasteiger partial charge in [-0.3, -0.25) is 0 Å². The molecule has 0 saturated carbocycles. The minimum absolute atomic E-state index is 0.181. The van der Waals surface area contributed by atoms with Crippen molar-refractivity contribution in [3.63, 3.8) is 0 Å². The summed E-state index contributed by atoms with van der Waals surface area (Å²) in [7, 11) is 0. The van der Waals surface area contributed by atoms with Crippen LogP contribution >= 0.6 is 0 Å². The van der Waals surface area contributed by atoms with Crippen LogP contribution < -0.4 is 0 Å². The summed E-state index contributed by atoms with van der Waals surface area (Å²) >= 11 is 0. The predicted molar refractivity (Wildman–Crippen MR) is 97.4 cm³/mol. The van der Waals surface area contributed by atoms with E-state index in [0.717, 1.165) is 0 Å². The van der Waals surface area contributed by atoms with Crippen molar-refractivity contribution < 1.29 is 0 Å². The average Bonchev–Trinajstić information content (AvgIpc) is 2.50. The molecule has 0 heteroatoms. The third-order valence-electron chi connectivity index (χ3n) is 5.70. The van der Waals surface area contributed by atoms with Crippen LogP contribution in [0.3, 0.4) is 0 Å². The highest BCUT2D eigenvalue weighted by atomic mass is 14.4. The standard InChI is InChI=1S/C22H30/c1-18-12-9-10-13-19(18)14-11-17-21(2,3)22(4,5)20-15-7-6-8-16-20/h6-10,12-13,15-16H,11,14,17H2,1-5H3. The second kappa shape index (κ2) is 6.69. The van der Waals surface area contributed by atoms with E-state index in [9.17, 15) is 0 Å². The number of hydrogen-bond acceptors (Lipinski definition) is 0. The van der Waals surface area contributed by atoms with Crippen LogP contribution in [-0.4, -0.2) is 0 Å². The quantitative estimate of drug-likeness (QED) is 0.584. The molecule has 0 radical (unpaired) electrons. The first-order valence-corrected chi connectivity index (χ1v) is 8.45. The lowest BCUT2D eigenvalue weighted by atomic mass is 9.62. The lowest BCUT2D eigenvalue weighted by Crippen LogP contribution is -2.36. The van der Waals surface area contributed by atoms with Gasteiger partial charge in [-0.05, 0) is 53.7 Å². The predicted octanol–water partition coefficient (Wildman–Crippen LogP) is 6.32. The van der Waals surface area contributed by atoms with Gasteiger partial charge in [-0.15, -0.1) is 0 Å². The van der Waals surface area contributed by atoms with Crippen LogP contribution in [0.2, 0.25) is 0 Å². The maximum absolute atomic E-state index is 2.41. The van der Waals surface area contributed by atoms with Crippen molar-refractivity contribution in [2.45, 2.75) is 59.3 Å². The van der Waals surface area contributed by atoms with Crippen molar-refractivity contribution in [1.82, 2.24) is 0 Å². The van der Waals surface area contributed by atoms with Gasteiger partial charge >= 0.3 is 0 Å². The van der Waals surface area contributed by atoms with Crippen molar-refractivity contribution in [1.29, 1.82) is 0 Å². The van der Waals surface area contributed by atoms with E-state index in [1.54, 1.807) is 0 Å². The van der Waals surface area contributed by atoms with Gasteiger partial charge in [0.05, 0.1) is 0 Å². The molecule has 0 aromatic heterocycles. The maximum atomic E-state index is 2.41. The van der Waals surface area contributed by atoms with Gasteiger partial charge in [0.15, 0.2) is 0 Å². The van der Waals surface area contributed by atoms with Gasteiger partial charge in [-0.2, -0.15) is 0 Å². The Labute approximate surface area is 136 Å². The molecule has 0 N–H and O–H groups in total. The fraction of sp³-hybridized carbons (Fsp3) is 0.455. The molecule has 2 aromatic carbocycles. The maximum Gasteiger partial charge on any atom is -0.00524 e. The second-order valence-electron chi connectivity index (χ2n) is 7.65. The first-order valence-electron chi connectivity index (χ1n) is 8.45. The van der Waals surface area contributed by atoms with Crippen molar-refractivity contribution in [3.8, 4) is 0 Å². The van der Waals surface area contributed by atoms with Gasteiger partial charge in [0, 0.05) is 0 Å². The molecule has 0 fully saturated rings. The first kappa shape index (κ1) is 16.8. The fourth-order valence-electron chi connectivity index (χ4n) is 3.17. The molecular formula is C22H30. The van der Waals surface area contributed by atoms with Gasteiger partial charge in [0.2, 0.25) is 0 Å². The third kappa shape index (κ3) is 3.61. The van der Waals surface area contributed by atoms with Gasteiger partial charge in [0.25, 0.3) is 0 Å². The van der Waals surface area contributed by atoms with E-state index in [0.29, 0.717) is 0 Å². The molecule has 0 bridgehead atoms. The molecule has 0 heterocycles. The number of aryl methyl sites for hydroxylation is 2. The minimum Gasteiger partial charge on any atom is -0.0622 e. The van der Waals surface area contributed by atoms with E-state index < -0.39 is 0 Å². The van der Waals surface area contributed by atoms with Crippen LogP contribution in [0, 0.1) is 12.3 Å². The number of rotatable bonds is 6. The molecule has 0 aliphatic carbocycles. The Bertz CT molecular complexity index is 590. The summed E-state index contributed by atoms with van der Waals surface area (Å²) in [6, 6.07) is 19.7. The van der Waals surface area contributed by atoms with Gasteiger partial charge in [0.1, 0.15) is 0 Å². The van der Waals surface area contributed by atoms with E-state index >= 15 is 0 Å². The van der Waals surface area contributed by atoms with E-state index in [4.69, 9.17) is 0 Å². The molecule has 0 nitrogen and oxygen atoms in total. The number of hydrogen-bond donors (Lipinski definition) is 0. The van der Waals surface area contributed by atoms with Crippen molar-refractivity contribution in [3.05, 3.63) is 71.3 Å². The average molecular weight is 294 g/mol. The summed E-state index contributed by atoms with van der Waals surface area (Å²) in [5, 5.41) is 0. The highest BCUT2D eigenvalue weighted by Gasteiger charge is 2.37. The SMILES string of the molecule is Cc1ccccc1CCCC(C)(C)C(C)(C)c1ccccc1. The molecule has 0 aliphatic heterocycles. The number of benzene rings is 2. The lowest BCUT2D eigenvalue weighted by molar-refractivity contribution is 0.176. The van der Waals surface area contributed by atoms with Crippen LogP contribution in [0.25, 0.3) is 0 Å². The Morgan fingerprint density at radius 2 is 1.36 bits per heavy atom. The Hall–Kier alpha value is -1.56. The summed E-state index contributed by atoms with van der Waals surface area (Å²) in [6.07, 6.45) is 3.66. The zero-order valence-electron chi connectivity index (χ0n) is 14.8. The van der Waals surface area contributed by atoms with E-state index in [1.807, 2.05) is 0 Å². The summed E-state index contributed by atoms with van der Waals surface area (Å²) in [5.74, 6) is 0. The smallest absolute Gasteiger partial charge is 0.00524 e. The van der Waals surface area contributed by atoms with E-state index in [2.05, 4.69) is 89.2 Å². The molecule has 22 heavy (non-hydrogen) atoms. The molecular weight excluding hydrogens is 264 g/mol. The van der Waals surface area contributed by atoms with Crippen LogP contribution in [0.5, 0.6) is 0 Å². The van der Waals surface area contributed by atoms with E-state index in [-0.39, 0.29) is 10.8 Å².